The van der Waals surface area contributed by atoms with Crippen LogP contribution in [0.1, 0.15) is 44.7 Å². The van der Waals surface area contributed by atoms with Crippen molar-refractivity contribution in [2.75, 3.05) is 0 Å². The molecule has 10 aromatic rings. The van der Waals surface area contributed by atoms with Crippen LogP contribution in [0.5, 0.6) is 5.88 Å². The van der Waals surface area contributed by atoms with Gasteiger partial charge in [-0.05, 0) is 53.1 Å². The molecule has 0 atom stereocenters. The number of hydrogen-bond acceptors (Lipinski definition) is 22. The van der Waals surface area contributed by atoms with E-state index in [4.69, 9.17) is 5.11 Å². The molecule has 0 aromatic carbocycles. The van der Waals surface area contributed by atoms with Crippen molar-refractivity contribution in [3.63, 3.8) is 0 Å². The number of rotatable bonds is 0. The second kappa shape index (κ2) is 32.2. The molecule has 0 aliphatic carbocycles. The second-order valence-electron chi connectivity index (χ2n) is 12.6. The molecule has 0 bridgehead atoms. The lowest BCUT2D eigenvalue weighted by molar-refractivity contribution is -0.458. The van der Waals surface area contributed by atoms with Crippen LogP contribution in [0.2, 0.25) is 0 Å². The molecule has 35 heteroatoms. The third-order valence-electron chi connectivity index (χ3n) is 6.29. The van der Waals surface area contributed by atoms with E-state index in [0.717, 1.165) is 44.3 Å². The summed E-state index contributed by atoms with van der Waals surface area (Å²) in [7, 11) is 3.40. The molecule has 0 fully saturated rings. The van der Waals surface area contributed by atoms with Gasteiger partial charge < -0.3 is 33.4 Å². The SMILES string of the molecule is Cc1coc(=O)[nH]1.Cc1csc(=O)[nH]1.Cc1csc(=O)[nH]1.Cc1n[nH]c(=O)o1.Cc1n[nH]c(=O)s1.Cc1nc(=O)[nH]o1.Cc1nc(=O)[nH]s1.Cc1ncc(O)[nH]1.Cn1[nH][nH+]cc1=O.Cn1ccc(=O)[nH]1. The maximum atomic E-state index is 10.3. The molecule has 70 heavy (non-hydrogen) atoms. The first-order valence-electron chi connectivity index (χ1n) is 19.0. The molecule has 0 aliphatic rings. The van der Waals surface area contributed by atoms with Gasteiger partial charge in [0, 0.05) is 55.3 Å². The van der Waals surface area contributed by atoms with Gasteiger partial charge >= 0.3 is 43.1 Å². The van der Waals surface area contributed by atoms with E-state index in [0.29, 0.717) is 11.8 Å². The van der Waals surface area contributed by atoms with Crippen LogP contribution in [0.3, 0.4) is 0 Å². The Kier molecular flexibility index (Phi) is 27.3. The number of oxazole rings is 1. The maximum absolute atomic E-state index is 10.3. The number of imidazole rings is 1. The number of H-pyrrole nitrogens is 11. The monoisotopic (exact) mass is 1060 g/mol. The summed E-state index contributed by atoms with van der Waals surface area (Å²) in [6.45, 7) is 14.0. The number of aromatic hydroxyl groups is 1. The molecule has 31 nitrogen and oxygen atoms in total. The van der Waals surface area contributed by atoms with Crippen LogP contribution in [0.25, 0.3) is 0 Å². The minimum Gasteiger partial charge on any atom is -0.493 e. The van der Waals surface area contributed by atoms with Crippen molar-refractivity contribution >= 4 is 45.5 Å². The van der Waals surface area contributed by atoms with Crippen LogP contribution in [0, 0.1) is 55.4 Å². The topological polar surface area (TPSA) is 460 Å². The normalized spacial score (nSPS) is 9.29. The molecule has 0 amide bonds. The van der Waals surface area contributed by atoms with Gasteiger partial charge in [-0.2, -0.15) is 25.3 Å². The lowest BCUT2D eigenvalue weighted by Crippen LogP contribution is -2.10. The molecule has 10 heterocycles. The highest BCUT2D eigenvalue weighted by Crippen LogP contribution is 1.99. The summed E-state index contributed by atoms with van der Waals surface area (Å²) in [6, 6.07) is 1.47. The highest BCUT2D eigenvalue weighted by molar-refractivity contribution is 7.08. The number of nitrogens with zero attached hydrogens (tertiary/aromatic N) is 7. The molecule has 0 spiro atoms. The average molecular weight is 1060 g/mol. The highest BCUT2D eigenvalue weighted by Gasteiger charge is 1.92. The summed E-state index contributed by atoms with van der Waals surface area (Å²) in [5.74, 6) is 0.694. The van der Waals surface area contributed by atoms with Gasteiger partial charge in [-0.1, -0.05) is 34.0 Å². The molecular weight excluding hydrogens is 1010 g/mol. The van der Waals surface area contributed by atoms with Gasteiger partial charge in [0.05, 0.1) is 11.9 Å². The van der Waals surface area contributed by atoms with Crippen LogP contribution in [0.4, 0.5) is 0 Å². The smallest absolute Gasteiger partial charge is 0.434 e. The molecule has 0 saturated heterocycles. The Labute approximate surface area is 405 Å². The fraction of sp³-hybridized carbons (Fsp3) is 0.286. The van der Waals surface area contributed by atoms with Gasteiger partial charge in [0.25, 0.3) is 5.56 Å². The Bertz CT molecular complexity index is 2890. The molecule has 0 saturated carbocycles. The fourth-order valence-electron chi connectivity index (χ4n) is 3.48. The van der Waals surface area contributed by atoms with Gasteiger partial charge in [-0.3, -0.25) is 38.3 Å². The first-order chi connectivity index (χ1) is 32.9. The Hall–Kier alpha value is -8.57. The third kappa shape index (κ3) is 29.9. The number of nitrogens with one attached hydrogen (secondary N) is 11. The van der Waals surface area contributed by atoms with Crippen molar-refractivity contribution in [2.45, 2.75) is 55.4 Å². The van der Waals surface area contributed by atoms with E-state index in [1.165, 1.54) is 63.6 Å². The maximum Gasteiger partial charge on any atom is 0.434 e. The van der Waals surface area contributed by atoms with Gasteiger partial charge in [-0.25, -0.2) is 39.2 Å². The predicted molar refractivity (Wildman–Crippen MR) is 256 cm³/mol. The van der Waals surface area contributed by atoms with Crippen molar-refractivity contribution in [3.8, 4) is 5.88 Å². The van der Waals surface area contributed by atoms with Crippen LogP contribution < -0.4 is 53.7 Å². The van der Waals surface area contributed by atoms with Gasteiger partial charge in [0.2, 0.25) is 17.7 Å². The summed E-state index contributed by atoms with van der Waals surface area (Å²) in [5.41, 5.74) is 1.84. The number of aromatic nitrogens is 18. The largest absolute Gasteiger partial charge is 0.493 e. The Morgan fingerprint density at radius 2 is 1.34 bits per heavy atom. The summed E-state index contributed by atoms with van der Waals surface area (Å²) < 4.78 is 18.5. The summed E-state index contributed by atoms with van der Waals surface area (Å²) in [4.78, 5) is 112. The third-order valence-corrected chi connectivity index (χ3v) is 9.19. The molecular formula is C35H49N18O13S4+. The standard InChI is InChI=1S/2C4H6N2O.C4H5NO2.2C4H5NOS.C3H5N3O.2C3H4N2O2.2C3H4N2OS/c1-6-3-2-4(7)5-6;1-3-5-2-4(7)6-3;3*1-3-2-7-4(6)5-3;1-6-3(7)2-4-5-6;1-2-4-5-3(6)7-2;1-2-4-3(6)5-7-2;1-2-4-5-3(6)7-2;1-2-4-3(6)5-7-2/h2-3H,1H3,(H,5,7);2,7H,1H3,(H,5,6);3*2H,1H3,(H,5,6);2,5H,1H3;4*1H3,(H,5,6)/p+1. The molecule has 0 aliphatic heterocycles. The lowest BCUT2D eigenvalue weighted by atomic mass is 10.6. The number of hydrogen-bond donors (Lipinski definition) is 11. The fourth-order valence-corrected chi connectivity index (χ4v) is 5.47. The van der Waals surface area contributed by atoms with Crippen molar-refractivity contribution in [3.05, 3.63) is 178 Å². The predicted octanol–water partition coefficient (Wildman–Crippen LogP) is 0.0529. The minimum atomic E-state index is -0.502. The zero-order chi connectivity index (χ0) is 52.8. The van der Waals surface area contributed by atoms with Gasteiger partial charge in [0.1, 0.15) is 29.2 Å². The van der Waals surface area contributed by atoms with E-state index in [-0.39, 0.29) is 37.3 Å². The molecule has 0 radical (unpaired) electrons. The molecule has 12 N–H and O–H groups in total. The Morgan fingerprint density at radius 1 is 0.700 bits per heavy atom. The quantitative estimate of drug-likeness (QED) is 0.0956. The van der Waals surface area contributed by atoms with E-state index < -0.39 is 17.2 Å². The Balaban J connectivity index is 0.000000389. The summed E-state index contributed by atoms with van der Waals surface area (Å²) >= 11 is 4.76. The zero-order valence-electron chi connectivity index (χ0n) is 38.7. The van der Waals surface area contributed by atoms with Gasteiger partial charge in [-0.15, -0.1) is 15.0 Å². The van der Waals surface area contributed by atoms with E-state index in [1.807, 2.05) is 19.0 Å². The van der Waals surface area contributed by atoms with Crippen LogP contribution in [0.15, 0.2) is 98.2 Å². The second-order valence-corrected chi connectivity index (χ2v) is 16.4. The van der Waals surface area contributed by atoms with Crippen molar-refractivity contribution in [1.29, 1.82) is 0 Å². The number of aryl methyl sites for hydroxylation is 10. The summed E-state index contributed by atoms with van der Waals surface area (Å²) in [5, 5.41) is 34.7. The number of aromatic amines is 11. The first kappa shape index (κ1) is 59.4. The van der Waals surface area contributed by atoms with Crippen molar-refractivity contribution in [2.24, 2.45) is 14.1 Å². The van der Waals surface area contributed by atoms with Crippen molar-refractivity contribution < 1.29 is 23.6 Å². The van der Waals surface area contributed by atoms with E-state index >= 15 is 0 Å². The number of thiazole rings is 2. The zero-order valence-corrected chi connectivity index (χ0v) is 41.9. The van der Waals surface area contributed by atoms with Crippen LogP contribution in [-0.4, -0.2) is 89.6 Å². The lowest BCUT2D eigenvalue weighted by Gasteiger charge is -1.80. The minimum absolute atomic E-state index is 0.0255. The van der Waals surface area contributed by atoms with Crippen LogP contribution >= 0.6 is 45.5 Å². The molecule has 10 aromatic heterocycles. The first-order valence-corrected chi connectivity index (χ1v) is 22.4. The van der Waals surface area contributed by atoms with E-state index in [1.54, 1.807) is 77.3 Å². The Morgan fingerprint density at radius 3 is 1.47 bits per heavy atom. The molecule has 10 rings (SSSR count). The van der Waals surface area contributed by atoms with E-state index in [2.05, 4.69) is 88.4 Å². The molecule has 380 valence electrons. The molecule has 0 unspecified atom stereocenters. The summed E-state index contributed by atoms with van der Waals surface area (Å²) in [6.07, 6.45) is 5.76. The average Bonchev–Trinajstić information content (AvgIpc) is 4.15. The van der Waals surface area contributed by atoms with Crippen LogP contribution in [-0.2, 0) is 14.1 Å². The van der Waals surface area contributed by atoms with E-state index in [9.17, 15) is 43.2 Å². The van der Waals surface area contributed by atoms with Crippen molar-refractivity contribution in [1.82, 2.24) is 84.5 Å². The van der Waals surface area contributed by atoms with Gasteiger partial charge in [0.15, 0.2) is 6.20 Å². The highest BCUT2D eigenvalue weighted by atomic mass is 32.1.